The Morgan fingerprint density at radius 2 is 1.82 bits per heavy atom. The van der Waals surface area contributed by atoms with Crippen LogP contribution in [0.4, 0.5) is 5.82 Å². The van der Waals surface area contributed by atoms with Crippen LogP contribution in [0.3, 0.4) is 0 Å². The van der Waals surface area contributed by atoms with Crippen molar-refractivity contribution in [2.75, 3.05) is 11.9 Å². The number of rotatable bonds is 5. The van der Waals surface area contributed by atoms with Gasteiger partial charge in [-0.2, -0.15) is 0 Å². The van der Waals surface area contributed by atoms with Crippen molar-refractivity contribution in [3.8, 4) is 0 Å². The zero-order valence-corrected chi connectivity index (χ0v) is 9.63. The highest BCUT2D eigenvalue weighted by atomic mass is 15.0. The Morgan fingerprint density at radius 3 is 2.47 bits per heavy atom. The molecule has 88 valence electrons. The number of aromatic nitrogens is 2. The summed E-state index contributed by atoms with van der Waals surface area (Å²) in [6.45, 7) is 1.46. The molecule has 0 fully saturated rings. The van der Waals surface area contributed by atoms with Crippen LogP contribution in [0, 0.1) is 0 Å². The Morgan fingerprint density at radius 1 is 1.06 bits per heavy atom. The van der Waals surface area contributed by atoms with Crippen LogP contribution in [0.25, 0.3) is 0 Å². The molecule has 0 bridgehead atoms. The summed E-state index contributed by atoms with van der Waals surface area (Å²) in [6, 6.07) is 10.3. The second-order valence-corrected chi connectivity index (χ2v) is 3.80. The van der Waals surface area contributed by atoms with Gasteiger partial charge in [0.2, 0.25) is 0 Å². The molecule has 0 aliphatic rings. The maximum Gasteiger partial charge on any atom is 0.129 e. The van der Waals surface area contributed by atoms with Crippen molar-refractivity contribution in [2.24, 2.45) is 5.73 Å². The Hall–Kier alpha value is -1.94. The van der Waals surface area contributed by atoms with E-state index in [2.05, 4.69) is 39.6 Å². The predicted octanol–water partition coefficient (Wildman–Crippen LogP) is 1.59. The number of nitrogens with one attached hydrogen (secondary N) is 1. The highest BCUT2D eigenvalue weighted by Gasteiger charge is 1.95. The van der Waals surface area contributed by atoms with E-state index < -0.39 is 0 Å². The lowest BCUT2D eigenvalue weighted by atomic mass is 10.1. The molecule has 4 nitrogen and oxygen atoms in total. The lowest BCUT2D eigenvalue weighted by molar-refractivity contribution is 0.965. The van der Waals surface area contributed by atoms with E-state index in [1.54, 1.807) is 6.20 Å². The molecule has 0 aliphatic carbocycles. The van der Waals surface area contributed by atoms with Crippen LogP contribution in [0.5, 0.6) is 0 Å². The molecule has 1 heterocycles. The van der Waals surface area contributed by atoms with Gasteiger partial charge >= 0.3 is 0 Å². The standard InChI is InChI=1S/C13H16N4/c14-7-5-11-1-3-12(4-2-11)9-16-13-6-8-15-10-17-13/h1-4,6,8,10H,5,7,9,14H2,(H,15,16,17). The molecular formula is C13H16N4. The van der Waals surface area contributed by atoms with Gasteiger partial charge in [0.15, 0.2) is 0 Å². The molecule has 0 aliphatic heterocycles. The van der Waals surface area contributed by atoms with Gasteiger partial charge in [-0.05, 0) is 30.2 Å². The third-order valence-corrected chi connectivity index (χ3v) is 2.51. The Labute approximate surface area is 101 Å². The van der Waals surface area contributed by atoms with E-state index in [4.69, 9.17) is 5.73 Å². The second kappa shape index (κ2) is 5.96. The maximum atomic E-state index is 5.51. The van der Waals surface area contributed by atoms with Gasteiger partial charge in [0.25, 0.3) is 0 Å². The summed E-state index contributed by atoms with van der Waals surface area (Å²) in [4.78, 5) is 7.97. The van der Waals surface area contributed by atoms with Crippen LogP contribution < -0.4 is 11.1 Å². The molecule has 0 atom stereocenters. The number of hydrogen-bond acceptors (Lipinski definition) is 4. The van der Waals surface area contributed by atoms with Gasteiger partial charge in [-0.1, -0.05) is 24.3 Å². The van der Waals surface area contributed by atoms with Gasteiger partial charge < -0.3 is 11.1 Å². The number of benzene rings is 1. The first-order valence-corrected chi connectivity index (χ1v) is 5.66. The van der Waals surface area contributed by atoms with Crippen LogP contribution in [-0.2, 0) is 13.0 Å². The Kier molecular flexibility index (Phi) is 4.05. The van der Waals surface area contributed by atoms with Crippen molar-refractivity contribution < 1.29 is 0 Å². The summed E-state index contributed by atoms with van der Waals surface area (Å²) >= 11 is 0. The first-order chi connectivity index (χ1) is 8.38. The SMILES string of the molecule is NCCc1ccc(CNc2ccncn2)cc1. The Balaban J connectivity index is 1.91. The number of anilines is 1. The summed E-state index contributed by atoms with van der Waals surface area (Å²) in [5.41, 5.74) is 8.01. The predicted molar refractivity (Wildman–Crippen MR) is 68.6 cm³/mol. The molecule has 0 saturated heterocycles. The van der Waals surface area contributed by atoms with E-state index in [0.29, 0.717) is 6.54 Å². The normalized spacial score (nSPS) is 10.2. The van der Waals surface area contributed by atoms with E-state index in [-0.39, 0.29) is 0 Å². The van der Waals surface area contributed by atoms with Crippen LogP contribution in [0.1, 0.15) is 11.1 Å². The van der Waals surface area contributed by atoms with E-state index in [1.807, 2.05) is 6.07 Å². The first kappa shape index (κ1) is 11.5. The van der Waals surface area contributed by atoms with Crippen molar-refractivity contribution >= 4 is 5.82 Å². The molecule has 0 amide bonds. The minimum absolute atomic E-state index is 0.693. The molecule has 0 unspecified atom stereocenters. The summed E-state index contributed by atoms with van der Waals surface area (Å²) < 4.78 is 0. The van der Waals surface area contributed by atoms with E-state index in [9.17, 15) is 0 Å². The number of nitrogens with two attached hydrogens (primary N) is 1. The van der Waals surface area contributed by atoms with Gasteiger partial charge in [0, 0.05) is 12.7 Å². The van der Waals surface area contributed by atoms with Crippen molar-refractivity contribution in [1.29, 1.82) is 0 Å². The van der Waals surface area contributed by atoms with E-state index in [0.717, 1.165) is 18.8 Å². The monoisotopic (exact) mass is 228 g/mol. The summed E-state index contributed by atoms with van der Waals surface area (Å²) in [5.74, 6) is 0.839. The molecule has 2 aromatic rings. The van der Waals surface area contributed by atoms with Crippen LogP contribution in [-0.4, -0.2) is 16.5 Å². The number of hydrogen-bond donors (Lipinski definition) is 2. The van der Waals surface area contributed by atoms with Crippen molar-refractivity contribution in [3.05, 3.63) is 54.0 Å². The smallest absolute Gasteiger partial charge is 0.129 e. The van der Waals surface area contributed by atoms with Crippen molar-refractivity contribution in [3.63, 3.8) is 0 Å². The lowest BCUT2D eigenvalue weighted by Gasteiger charge is -2.06. The highest BCUT2D eigenvalue weighted by molar-refractivity contribution is 5.34. The fourth-order valence-corrected chi connectivity index (χ4v) is 1.58. The minimum Gasteiger partial charge on any atom is -0.366 e. The second-order valence-electron chi connectivity index (χ2n) is 3.80. The number of nitrogens with zero attached hydrogens (tertiary/aromatic N) is 2. The van der Waals surface area contributed by atoms with Crippen molar-refractivity contribution in [1.82, 2.24) is 9.97 Å². The van der Waals surface area contributed by atoms with Crippen LogP contribution in [0.15, 0.2) is 42.9 Å². The highest BCUT2D eigenvalue weighted by Crippen LogP contribution is 2.07. The minimum atomic E-state index is 0.693. The maximum absolute atomic E-state index is 5.51. The zero-order chi connectivity index (χ0) is 11.9. The molecule has 17 heavy (non-hydrogen) atoms. The summed E-state index contributed by atoms with van der Waals surface area (Å²) in [5, 5.41) is 3.24. The molecule has 0 spiro atoms. The molecule has 4 heteroatoms. The molecular weight excluding hydrogens is 212 g/mol. The molecule has 0 radical (unpaired) electrons. The van der Waals surface area contributed by atoms with Crippen LogP contribution in [0.2, 0.25) is 0 Å². The van der Waals surface area contributed by atoms with Gasteiger partial charge in [0.1, 0.15) is 12.1 Å². The van der Waals surface area contributed by atoms with Crippen LogP contribution >= 0.6 is 0 Å². The third-order valence-electron chi connectivity index (χ3n) is 2.51. The van der Waals surface area contributed by atoms with Crippen molar-refractivity contribution in [2.45, 2.75) is 13.0 Å². The molecule has 3 N–H and O–H groups in total. The molecule has 2 rings (SSSR count). The average Bonchev–Trinajstić information content (AvgIpc) is 2.40. The fourth-order valence-electron chi connectivity index (χ4n) is 1.58. The molecule has 1 aromatic carbocycles. The third kappa shape index (κ3) is 3.53. The first-order valence-electron chi connectivity index (χ1n) is 5.66. The quantitative estimate of drug-likeness (QED) is 0.815. The van der Waals surface area contributed by atoms with E-state index >= 15 is 0 Å². The largest absolute Gasteiger partial charge is 0.366 e. The average molecular weight is 228 g/mol. The van der Waals surface area contributed by atoms with Gasteiger partial charge in [-0.3, -0.25) is 0 Å². The van der Waals surface area contributed by atoms with Gasteiger partial charge in [0.05, 0.1) is 0 Å². The fraction of sp³-hybridized carbons (Fsp3) is 0.231. The van der Waals surface area contributed by atoms with Gasteiger partial charge in [-0.15, -0.1) is 0 Å². The Bertz CT molecular complexity index is 439. The van der Waals surface area contributed by atoms with Gasteiger partial charge in [-0.25, -0.2) is 9.97 Å². The molecule has 0 saturated carbocycles. The molecule has 1 aromatic heterocycles. The summed E-state index contributed by atoms with van der Waals surface area (Å²) in [7, 11) is 0. The summed E-state index contributed by atoms with van der Waals surface area (Å²) in [6.07, 6.45) is 4.19. The van der Waals surface area contributed by atoms with E-state index in [1.165, 1.54) is 17.5 Å². The lowest BCUT2D eigenvalue weighted by Crippen LogP contribution is -2.04. The zero-order valence-electron chi connectivity index (χ0n) is 9.63. The topological polar surface area (TPSA) is 63.8 Å².